The van der Waals surface area contributed by atoms with Gasteiger partial charge in [-0.3, -0.25) is 9.88 Å². The van der Waals surface area contributed by atoms with Crippen molar-refractivity contribution in [1.29, 1.82) is 0 Å². The van der Waals surface area contributed by atoms with Crippen LogP contribution >= 0.6 is 0 Å². The smallest absolute Gasteiger partial charge is 0.414 e. The first-order chi connectivity index (χ1) is 12.9. The lowest BCUT2D eigenvalue weighted by Crippen LogP contribution is -2.38. The van der Waals surface area contributed by atoms with E-state index < -0.39 is 29.1 Å². The molecular formula is C21H23F3N2O2. The molecule has 0 N–H and O–H groups in total. The molecule has 1 amide bonds. The highest BCUT2D eigenvalue weighted by Crippen LogP contribution is 2.40. The van der Waals surface area contributed by atoms with Gasteiger partial charge in [-0.15, -0.1) is 0 Å². The molecule has 7 heteroatoms. The van der Waals surface area contributed by atoms with Gasteiger partial charge in [-0.2, -0.15) is 0 Å². The van der Waals surface area contributed by atoms with Gasteiger partial charge in [-0.05, 0) is 44.0 Å². The molecular weight excluding hydrogens is 369 g/mol. The normalized spacial score (nSPS) is 15.5. The van der Waals surface area contributed by atoms with Crippen molar-refractivity contribution in [2.24, 2.45) is 0 Å². The number of amides is 1. The second kappa shape index (κ2) is 6.79. The summed E-state index contributed by atoms with van der Waals surface area (Å²) in [7, 11) is 0. The van der Waals surface area contributed by atoms with E-state index in [9.17, 15) is 18.0 Å². The van der Waals surface area contributed by atoms with Crippen LogP contribution in [0, 0.1) is 17.5 Å². The Morgan fingerprint density at radius 3 is 2.43 bits per heavy atom. The summed E-state index contributed by atoms with van der Waals surface area (Å²) < 4.78 is 46.1. The molecule has 0 aliphatic carbocycles. The summed E-state index contributed by atoms with van der Waals surface area (Å²) in [5.74, 6) is -3.17. The third-order valence-corrected chi connectivity index (χ3v) is 4.51. The predicted octanol–water partition coefficient (Wildman–Crippen LogP) is 5.12. The summed E-state index contributed by atoms with van der Waals surface area (Å²) in [5, 5.41) is 0. The molecule has 4 nitrogen and oxygen atoms in total. The van der Waals surface area contributed by atoms with Crippen molar-refractivity contribution in [3.8, 4) is 0 Å². The summed E-state index contributed by atoms with van der Waals surface area (Å²) in [5.41, 5.74) is 0.881. The van der Waals surface area contributed by atoms with E-state index in [4.69, 9.17) is 4.74 Å². The van der Waals surface area contributed by atoms with Crippen LogP contribution < -0.4 is 4.90 Å². The molecule has 150 valence electrons. The van der Waals surface area contributed by atoms with Crippen molar-refractivity contribution in [2.75, 3.05) is 11.4 Å². The van der Waals surface area contributed by atoms with Gasteiger partial charge in [0.05, 0.1) is 11.4 Å². The molecule has 1 aliphatic rings. The number of nitrogens with zero attached hydrogens (tertiary/aromatic N) is 2. The van der Waals surface area contributed by atoms with Crippen LogP contribution in [0.4, 0.5) is 23.7 Å². The summed E-state index contributed by atoms with van der Waals surface area (Å²) in [6.07, 6.45) is 1.10. The van der Waals surface area contributed by atoms with Gasteiger partial charge in [-0.1, -0.05) is 13.8 Å². The third kappa shape index (κ3) is 3.98. The fourth-order valence-electron chi connectivity index (χ4n) is 3.27. The number of benzene rings is 1. The lowest BCUT2D eigenvalue weighted by Gasteiger charge is -2.25. The van der Waals surface area contributed by atoms with Crippen LogP contribution in [0.15, 0.2) is 24.4 Å². The van der Waals surface area contributed by atoms with Gasteiger partial charge in [0, 0.05) is 30.6 Å². The first-order valence-electron chi connectivity index (χ1n) is 9.01. The minimum absolute atomic E-state index is 0.0155. The molecule has 2 aromatic rings. The predicted molar refractivity (Wildman–Crippen MR) is 100.0 cm³/mol. The fourth-order valence-corrected chi connectivity index (χ4v) is 3.27. The highest BCUT2D eigenvalue weighted by molar-refractivity contribution is 5.91. The van der Waals surface area contributed by atoms with Crippen molar-refractivity contribution < 1.29 is 22.7 Å². The van der Waals surface area contributed by atoms with Crippen molar-refractivity contribution in [2.45, 2.75) is 52.1 Å². The number of halogens is 3. The zero-order valence-electron chi connectivity index (χ0n) is 16.6. The maximum Gasteiger partial charge on any atom is 0.414 e. The minimum atomic E-state index is -1.23. The highest BCUT2D eigenvalue weighted by Gasteiger charge is 2.41. The van der Waals surface area contributed by atoms with Crippen LogP contribution in [-0.2, 0) is 16.6 Å². The van der Waals surface area contributed by atoms with Gasteiger partial charge in [0.25, 0.3) is 0 Å². The number of anilines is 1. The standard InChI is InChI=1S/C21H23F3N2O2/c1-20(2,3)28-19(27)26-11-21(4,5)18-17(26)7-12(10-25-18)6-13-8-15(23)16(24)9-14(13)22/h7-10H,6,11H2,1-5H3. The van der Waals surface area contributed by atoms with Crippen LogP contribution in [0.2, 0.25) is 0 Å². The number of ether oxygens (including phenoxy) is 1. The van der Waals surface area contributed by atoms with Crippen molar-refractivity contribution in [3.05, 3.63) is 58.7 Å². The maximum atomic E-state index is 14.0. The summed E-state index contributed by atoms with van der Waals surface area (Å²) >= 11 is 0. The van der Waals surface area contributed by atoms with Gasteiger partial charge in [-0.25, -0.2) is 18.0 Å². The van der Waals surface area contributed by atoms with Crippen molar-refractivity contribution >= 4 is 11.8 Å². The van der Waals surface area contributed by atoms with Crippen molar-refractivity contribution in [3.63, 3.8) is 0 Å². The van der Waals surface area contributed by atoms with Crippen LogP contribution in [0.5, 0.6) is 0 Å². The van der Waals surface area contributed by atoms with E-state index in [0.29, 0.717) is 23.9 Å². The summed E-state index contributed by atoms with van der Waals surface area (Å²) in [6, 6.07) is 3.09. The number of fused-ring (bicyclic) bond motifs is 1. The Morgan fingerprint density at radius 2 is 1.79 bits per heavy atom. The van der Waals surface area contributed by atoms with E-state index in [0.717, 1.165) is 11.8 Å². The lowest BCUT2D eigenvalue weighted by atomic mass is 9.91. The van der Waals surface area contributed by atoms with Crippen molar-refractivity contribution in [1.82, 2.24) is 4.98 Å². The summed E-state index contributed by atoms with van der Waals surface area (Å²) in [4.78, 5) is 18.6. The average Bonchev–Trinajstić information content (AvgIpc) is 2.82. The number of carbonyl (C=O) groups excluding carboxylic acids is 1. The zero-order valence-corrected chi connectivity index (χ0v) is 16.6. The molecule has 1 aromatic carbocycles. The number of rotatable bonds is 2. The number of carbonyl (C=O) groups is 1. The number of hydrogen-bond acceptors (Lipinski definition) is 3. The second-order valence-corrected chi connectivity index (χ2v) is 8.70. The van der Waals surface area contributed by atoms with Gasteiger partial charge < -0.3 is 4.74 Å². The molecule has 0 saturated heterocycles. The highest BCUT2D eigenvalue weighted by atomic mass is 19.2. The molecule has 1 aliphatic heterocycles. The lowest BCUT2D eigenvalue weighted by molar-refractivity contribution is 0.0579. The van der Waals surface area contributed by atoms with Gasteiger partial charge in [0.15, 0.2) is 11.6 Å². The minimum Gasteiger partial charge on any atom is -0.443 e. The Labute approximate surface area is 162 Å². The Balaban J connectivity index is 1.95. The van der Waals surface area contributed by atoms with Gasteiger partial charge in [0.1, 0.15) is 11.4 Å². The van der Waals surface area contributed by atoms with E-state index >= 15 is 0 Å². The molecule has 0 fully saturated rings. The van der Waals surface area contributed by atoms with Crippen LogP contribution in [0.25, 0.3) is 0 Å². The molecule has 28 heavy (non-hydrogen) atoms. The summed E-state index contributed by atoms with van der Waals surface area (Å²) in [6.45, 7) is 9.69. The third-order valence-electron chi connectivity index (χ3n) is 4.51. The Kier molecular flexibility index (Phi) is 4.89. The molecule has 0 bridgehead atoms. The topological polar surface area (TPSA) is 42.4 Å². The first kappa shape index (κ1) is 20.2. The Morgan fingerprint density at radius 1 is 1.14 bits per heavy atom. The van der Waals surface area contributed by atoms with Crippen LogP contribution in [-0.4, -0.2) is 23.2 Å². The SMILES string of the molecule is CC(C)(C)OC(=O)N1CC(C)(C)c2ncc(Cc3cc(F)c(F)cc3F)cc21. The van der Waals surface area contributed by atoms with E-state index in [2.05, 4.69) is 4.98 Å². The molecule has 0 radical (unpaired) electrons. The zero-order chi connectivity index (χ0) is 20.9. The Bertz CT molecular complexity index is 936. The Hall–Kier alpha value is -2.57. The molecule has 3 rings (SSSR count). The molecule has 1 aromatic heterocycles. The van der Waals surface area contributed by atoms with Gasteiger partial charge >= 0.3 is 6.09 Å². The largest absolute Gasteiger partial charge is 0.443 e. The van der Waals surface area contributed by atoms with E-state index in [1.54, 1.807) is 33.0 Å². The quantitative estimate of drug-likeness (QED) is 0.666. The molecule has 0 atom stereocenters. The van der Waals surface area contributed by atoms with E-state index in [1.165, 1.54) is 4.90 Å². The number of hydrogen-bond donors (Lipinski definition) is 0. The number of pyridine rings is 1. The van der Waals surface area contributed by atoms with Gasteiger partial charge in [0.2, 0.25) is 0 Å². The maximum absolute atomic E-state index is 14.0. The van der Waals surface area contributed by atoms with Crippen LogP contribution in [0.1, 0.15) is 51.4 Å². The molecule has 2 heterocycles. The average molecular weight is 392 g/mol. The molecule has 0 spiro atoms. The van der Waals surface area contributed by atoms with Crippen LogP contribution in [0.3, 0.4) is 0 Å². The second-order valence-electron chi connectivity index (χ2n) is 8.70. The van der Waals surface area contributed by atoms with E-state index in [-0.39, 0.29) is 17.4 Å². The fraction of sp³-hybridized carbons (Fsp3) is 0.429. The molecule has 0 saturated carbocycles. The molecule has 0 unspecified atom stereocenters. The number of aromatic nitrogens is 1. The van der Waals surface area contributed by atoms with E-state index in [1.807, 2.05) is 13.8 Å². The monoisotopic (exact) mass is 392 g/mol. The first-order valence-corrected chi connectivity index (χ1v) is 9.01.